The van der Waals surface area contributed by atoms with Gasteiger partial charge in [0.15, 0.2) is 0 Å². The Morgan fingerprint density at radius 3 is 2.27 bits per heavy atom. The van der Waals surface area contributed by atoms with E-state index in [2.05, 4.69) is 9.47 Å². The highest BCUT2D eigenvalue weighted by Crippen LogP contribution is 2.32. The number of rotatable bonds is 0. The lowest BCUT2D eigenvalue weighted by atomic mass is 10.1. The van der Waals surface area contributed by atoms with Gasteiger partial charge in [-0.1, -0.05) is 0 Å². The highest BCUT2D eigenvalue weighted by atomic mass is 19.4. The summed E-state index contributed by atoms with van der Waals surface area (Å²) < 4.78 is 56.0. The first-order chi connectivity index (χ1) is 5.02. The molecule has 0 radical (unpaired) electrons. The summed E-state index contributed by atoms with van der Waals surface area (Å²) in [6, 6.07) is 0. The van der Waals surface area contributed by atoms with E-state index in [-0.39, 0.29) is 0 Å². The van der Waals surface area contributed by atoms with Crippen molar-refractivity contribution in [1.29, 1.82) is 0 Å². The minimum absolute atomic E-state index is 0.409. The van der Waals surface area contributed by atoms with Gasteiger partial charge < -0.3 is 9.47 Å². The average Bonchev–Trinajstić information content (AvgIpc) is 1.86. The molecule has 1 aliphatic rings. The Balaban J connectivity index is 2.55. The molecule has 0 saturated carbocycles. The van der Waals surface area contributed by atoms with Crippen LogP contribution in [0.3, 0.4) is 0 Å². The molecule has 11 heavy (non-hydrogen) atoms. The quantitative estimate of drug-likeness (QED) is 0.517. The van der Waals surface area contributed by atoms with E-state index in [1.54, 1.807) is 0 Å². The van der Waals surface area contributed by atoms with Crippen LogP contribution >= 0.6 is 0 Å². The van der Waals surface area contributed by atoms with E-state index in [0.717, 1.165) is 0 Å². The van der Waals surface area contributed by atoms with Crippen LogP contribution in [0.1, 0.15) is 0 Å². The molecule has 66 valence electrons. The van der Waals surface area contributed by atoms with Crippen LogP contribution in [0.4, 0.5) is 17.6 Å². The van der Waals surface area contributed by atoms with Gasteiger partial charge in [-0.2, -0.15) is 13.2 Å². The highest BCUT2D eigenvalue weighted by molar-refractivity contribution is 4.71. The summed E-state index contributed by atoms with van der Waals surface area (Å²) in [6.07, 6.45) is -6.87. The molecule has 1 rings (SSSR count). The Morgan fingerprint density at radius 2 is 1.91 bits per heavy atom. The van der Waals surface area contributed by atoms with E-state index in [4.69, 9.17) is 0 Å². The van der Waals surface area contributed by atoms with Crippen LogP contribution in [-0.2, 0) is 9.47 Å². The molecule has 1 aliphatic heterocycles. The van der Waals surface area contributed by atoms with E-state index >= 15 is 0 Å². The Morgan fingerprint density at radius 1 is 1.27 bits per heavy atom. The summed E-state index contributed by atoms with van der Waals surface area (Å²) >= 11 is 0. The molecular weight excluding hydrogens is 168 g/mol. The van der Waals surface area contributed by atoms with Crippen LogP contribution in [0.25, 0.3) is 0 Å². The molecule has 2 atom stereocenters. The molecule has 0 N–H and O–H groups in total. The molecule has 1 heterocycles. The molecule has 2 nitrogen and oxygen atoms in total. The van der Waals surface area contributed by atoms with Crippen LogP contribution in [0.5, 0.6) is 0 Å². The molecule has 0 aromatic heterocycles. The van der Waals surface area contributed by atoms with Crippen LogP contribution in [-0.4, -0.2) is 25.9 Å². The van der Waals surface area contributed by atoms with Crippen molar-refractivity contribution in [3.8, 4) is 0 Å². The Labute approximate surface area is 60.1 Å². The van der Waals surface area contributed by atoms with Crippen LogP contribution in [0.2, 0.25) is 0 Å². The van der Waals surface area contributed by atoms with Crippen molar-refractivity contribution in [3.63, 3.8) is 0 Å². The summed E-state index contributed by atoms with van der Waals surface area (Å²) in [4.78, 5) is 0. The van der Waals surface area contributed by atoms with Crippen molar-refractivity contribution in [2.75, 3.05) is 13.4 Å². The van der Waals surface area contributed by atoms with Gasteiger partial charge in [0, 0.05) is 0 Å². The maximum absolute atomic E-state index is 12.3. The van der Waals surface area contributed by atoms with E-state index in [1.165, 1.54) is 0 Å². The zero-order valence-electron chi connectivity index (χ0n) is 5.40. The zero-order valence-corrected chi connectivity index (χ0v) is 5.40. The first-order valence-corrected chi connectivity index (χ1v) is 2.92. The van der Waals surface area contributed by atoms with Gasteiger partial charge in [0.2, 0.25) is 6.36 Å². The first-order valence-electron chi connectivity index (χ1n) is 2.92. The van der Waals surface area contributed by atoms with Gasteiger partial charge in [0.25, 0.3) is 0 Å². The number of hydrogen-bond donors (Lipinski definition) is 0. The van der Waals surface area contributed by atoms with Gasteiger partial charge >= 0.3 is 6.18 Å². The lowest BCUT2D eigenvalue weighted by Crippen LogP contribution is -2.41. The van der Waals surface area contributed by atoms with Gasteiger partial charge in [0.1, 0.15) is 12.7 Å². The largest absolute Gasteiger partial charge is 0.399 e. The smallest absolute Gasteiger partial charge is 0.354 e. The summed E-state index contributed by atoms with van der Waals surface area (Å²) in [7, 11) is 0. The summed E-state index contributed by atoms with van der Waals surface area (Å²) in [5.74, 6) is -2.14. The van der Waals surface area contributed by atoms with Gasteiger partial charge in [-0.15, -0.1) is 0 Å². The Kier molecular flexibility index (Phi) is 2.34. The predicted molar refractivity (Wildman–Crippen MR) is 26.3 cm³/mol. The lowest BCUT2D eigenvalue weighted by molar-refractivity contribution is -0.296. The monoisotopic (exact) mass is 174 g/mol. The van der Waals surface area contributed by atoms with Crippen LogP contribution in [0, 0.1) is 5.92 Å². The molecular formula is C5H6F4O2. The predicted octanol–water partition coefficient (Wildman–Crippen LogP) is 1.46. The first kappa shape index (κ1) is 8.73. The zero-order chi connectivity index (χ0) is 8.48. The third kappa shape index (κ3) is 2.03. The Bertz CT molecular complexity index is 135. The minimum Gasteiger partial charge on any atom is -0.354 e. The highest BCUT2D eigenvalue weighted by Gasteiger charge is 2.47. The molecule has 0 amide bonds. The molecule has 1 fully saturated rings. The standard InChI is InChI=1S/C5H6F4O2/c6-4-3(5(7,8)9)1-10-2-11-4/h3-4H,1-2H2. The molecule has 2 unspecified atom stereocenters. The summed E-state index contributed by atoms with van der Waals surface area (Å²) in [5.41, 5.74) is 0. The van der Waals surface area contributed by atoms with Crippen molar-refractivity contribution in [1.82, 2.24) is 0 Å². The molecule has 6 heteroatoms. The van der Waals surface area contributed by atoms with E-state index in [0.29, 0.717) is 0 Å². The number of ether oxygens (including phenoxy) is 2. The fourth-order valence-corrected chi connectivity index (χ4v) is 0.723. The third-order valence-corrected chi connectivity index (χ3v) is 1.34. The SMILES string of the molecule is FC1OCOCC1C(F)(F)F. The van der Waals surface area contributed by atoms with Crippen molar-refractivity contribution in [2.24, 2.45) is 5.92 Å². The fourth-order valence-electron chi connectivity index (χ4n) is 0.723. The van der Waals surface area contributed by atoms with Gasteiger partial charge in [-0.05, 0) is 0 Å². The average molecular weight is 174 g/mol. The van der Waals surface area contributed by atoms with E-state index in [1.807, 2.05) is 0 Å². The molecule has 0 aliphatic carbocycles. The molecule has 0 spiro atoms. The maximum atomic E-state index is 12.3. The maximum Gasteiger partial charge on any atom is 0.399 e. The molecule has 0 aromatic rings. The second-order valence-corrected chi connectivity index (χ2v) is 2.15. The topological polar surface area (TPSA) is 18.5 Å². The van der Waals surface area contributed by atoms with E-state index in [9.17, 15) is 17.6 Å². The van der Waals surface area contributed by atoms with Crippen LogP contribution < -0.4 is 0 Å². The molecule has 1 saturated heterocycles. The minimum atomic E-state index is -4.58. The fraction of sp³-hybridized carbons (Fsp3) is 1.00. The van der Waals surface area contributed by atoms with Crippen molar-refractivity contribution in [3.05, 3.63) is 0 Å². The third-order valence-electron chi connectivity index (χ3n) is 1.34. The summed E-state index contributed by atoms with van der Waals surface area (Å²) in [5, 5.41) is 0. The van der Waals surface area contributed by atoms with Crippen molar-refractivity contribution < 1.29 is 27.0 Å². The van der Waals surface area contributed by atoms with Gasteiger partial charge in [-0.3, -0.25) is 0 Å². The second-order valence-electron chi connectivity index (χ2n) is 2.15. The normalized spacial score (nSPS) is 33.8. The lowest BCUT2D eigenvalue weighted by Gasteiger charge is -2.27. The van der Waals surface area contributed by atoms with Gasteiger partial charge in [-0.25, -0.2) is 4.39 Å². The van der Waals surface area contributed by atoms with Crippen molar-refractivity contribution >= 4 is 0 Å². The second kappa shape index (κ2) is 2.94. The summed E-state index contributed by atoms with van der Waals surface area (Å²) in [6.45, 7) is -1.07. The Hall–Kier alpha value is -0.360. The molecule has 0 bridgehead atoms. The van der Waals surface area contributed by atoms with Gasteiger partial charge in [0.05, 0.1) is 6.61 Å². The molecule has 0 aromatic carbocycles. The number of halogens is 4. The van der Waals surface area contributed by atoms with Crippen molar-refractivity contribution in [2.45, 2.75) is 12.5 Å². The number of hydrogen-bond acceptors (Lipinski definition) is 2. The van der Waals surface area contributed by atoms with Crippen LogP contribution in [0.15, 0.2) is 0 Å². The van der Waals surface area contributed by atoms with E-state index < -0.39 is 31.9 Å². The number of alkyl halides is 4.